The quantitative estimate of drug-likeness (QED) is 0.161. The number of imidazole rings is 1. The highest BCUT2D eigenvalue weighted by atomic mass is 16.5. The summed E-state index contributed by atoms with van der Waals surface area (Å²) in [5.74, 6) is 2.96. The van der Waals surface area contributed by atoms with Gasteiger partial charge in [-0.25, -0.2) is 9.97 Å². The number of benzene rings is 2. The molecule has 238 valence electrons. The molecule has 0 atom stereocenters. The Balaban J connectivity index is 1.27. The monoisotopic (exact) mass is 602 g/mol. The second-order valence-corrected chi connectivity index (χ2v) is 12.3. The lowest BCUT2D eigenvalue weighted by Gasteiger charge is -2.28. The third-order valence-corrected chi connectivity index (χ3v) is 8.27. The molecule has 1 aliphatic rings. The molecule has 1 fully saturated rings. The molecule has 4 aromatic rings. The standard InChI is InChI=1S/C35H50N6O3/c1-27(2)26-44-29-11-8-10-28(24-29)25-40(17-9-16-39-19-22-43-23-20-39)15-6-7-18-41-32(14-21-42-3)38-33-34(41)30-12-4-5-13-31(30)37-35(33)36/h4-5,8,10-13,24,27H,6-7,9,14-23,25-26H2,1-3H3,(H2,36,37). The molecule has 2 aromatic carbocycles. The van der Waals surface area contributed by atoms with Crippen LogP contribution in [0.4, 0.5) is 5.82 Å². The predicted molar refractivity (Wildman–Crippen MR) is 178 cm³/mol. The number of para-hydroxylation sites is 1. The van der Waals surface area contributed by atoms with Gasteiger partial charge < -0.3 is 24.5 Å². The highest BCUT2D eigenvalue weighted by Gasteiger charge is 2.18. The van der Waals surface area contributed by atoms with Gasteiger partial charge in [0.25, 0.3) is 0 Å². The zero-order valence-corrected chi connectivity index (χ0v) is 26.8. The fraction of sp³-hybridized carbons (Fsp3) is 0.543. The number of nitrogens with zero attached hydrogens (tertiary/aromatic N) is 5. The van der Waals surface area contributed by atoms with E-state index >= 15 is 0 Å². The van der Waals surface area contributed by atoms with Crippen LogP contribution < -0.4 is 10.5 Å². The Morgan fingerprint density at radius 1 is 0.977 bits per heavy atom. The molecule has 0 bridgehead atoms. The lowest BCUT2D eigenvalue weighted by Crippen LogP contribution is -2.38. The van der Waals surface area contributed by atoms with Crippen molar-refractivity contribution in [2.24, 2.45) is 5.92 Å². The highest BCUT2D eigenvalue weighted by Crippen LogP contribution is 2.29. The van der Waals surface area contributed by atoms with Crippen molar-refractivity contribution in [1.29, 1.82) is 0 Å². The fourth-order valence-electron chi connectivity index (χ4n) is 6.00. The summed E-state index contributed by atoms with van der Waals surface area (Å²) in [5, 5.41) is 1.09. The van der Waals surface area contributed by atoms with Gasteiger partial charge in [-0.15, -0.1) is 0 Å². The lowest BCUT2D eigenvalue weighted by atomic mass is 10.1. The Morgan fingerprint density at radius 2 is 1.80 bits per heavy atom. The smallest absolute Gasteiger partial charge is 0.152 e. The minimum Gasteiger partial charge on any atom is -0.493 e. The van der Waals surface area contributed by atoms with E-state index in [9.17, 15) is 0 Å². The zero-order valence-electron chi connectivity index (χ0n) is 26.8. The number of fused-ring (bicyclic) bond motifs is 3. The van der Waals surface area contributed by atoms with Crippen molar-refractivity contribution in [2.45, 2.75) is 52.6 Å². The van der Waals surface area contributed by atoms with Crippen molar-refractivity contribution < 1.29 is 14.2 Å². The maximum Gasteiger partial charge on any atom is 0.152 e. The number of hydrogen-bond acceptors (Lipinski definition) is 8. The van der Waals surface area contributed by atoms with Gasteiger partial charge in [0.2, 0.25) is 0 Å². The second-order valence-electron chi connectivity index (χ2n) is 12.3. The Hall–Kier alpha value is -3.24. The highest BCUT2D eigenvalue weighted by molar-refractivity contribution is 6.06. The Morgan fingerprint density at radius 3 is 2.61 bits per heavy atom. The summed E-state index contributed by atoms with van der Waals surface area (Å²) in [6.45, 7) is 14.5. The molecule has 1 aliphatic heterocycles. The normalized spacial score (nSPS) is 14.4. The van der Waals surface area contributed by atoms with E-state index < -0.39 is 0 Å². The number of hydrogen-bond donors (Lipinski definition) is 1. The lowest BCUT2D eigenvalue weighted by molar-refractivity contribution is 0.0359. The molecule has 0 unspecified atom stereocenters. The molecule has 2 aromatic heterocycles. The maximum atomic E-state index is 6.40. The third kappa shape index (κ3) is 8.69. The van der Waals surface area contributed by atoms with Crippen LogP contribution in [0.2, 0.25) is 0 Å². The SMILES string of the molecule is COCCc1nc2c(N)nc3ccccc3c2n1CCCCN(CCCN1CCOCC1)Cc1cccc(OCC(C)C)c1. The van der Waals surface area contributed by atoms with Crippen molar-refractivity contribution in [2.75, 3.05) is 72.0 Å². The summed E-state index contributed by atoms with van der Waals surface area (Å²) in [6.07, 6.45) is 4.01. The molecule has 0 spiro atoms. The van der Waals surface area contributed by atoms with Crippen LogP contribution in [0.5, 0.6) is 5.75 Å². The third-order valence-electron chi connectivity index (χ3n) is 8.27. The van der Waals surface area contributed by atoms with Gasteiger partial charge in [0.15, 0.2) is 5.82 Å². The van der Waals surface area contributed by atoms with E-state index in [-0.39, 0.29) is 0 Å². The predicted octanol–water partition coefficient (Wildman–Crippen LogP) is 5.40. The summed E-state index contributed by atoms with van der Waals surface area (Å²) in [7, 11) is 1.73. The van der Waals surface area contributed by atoms with Gasteiger partial charge in [-0.2, -0.15) is 0 Å². The summed E-state index contributed by atoms with van der Waals surface area (Å²) in [4.78, 5) is 14.7. The minimum atomic E-state index is 0.488. The van der Waals surface area contributed by atoms with Crippen LogP contribution in [0.25, 0.3) is 21.9 Å². The van der Waals surface area contributed by atoms with Crippen molar-refractivity contribution in [3.63, 3.8) is 0 Å². The molecule has 2 N–H and O–H groups in total. The number of aryl methyl sites for hydroxylation is 1. The first-order valence-corrected chi connectivity index (χ1v) is 16.3. The van der Waals surface area contributed by atoms with E-state index in [1.807, 2.05) is 12.1 Å². The molecular formula is C35H50N6O3. The van der Waals surface area contributed by atoms with Gasteiger partial charge >= 0.3 is 0 Å². The summed E-state index contributed by atoms with van der Waals surface area (Å²) < 4.78 is 19.4. The van der Waals surface area contributed by atoms with Gasteiger partial charge in [-0.3, -0.25) is 9.80 Å². The first kappa shape index (κ1) is 32.2. The van der Waals surface area contributed by atoms with Crippen LogP contribution in [-0.2, 0) is 29.0 Å². The van der Waals surface area contributed by atoms with E-state index in [1.54, 1.807) is 7.11 Å². The van der Waals surface area contributed by atoms with Gasteiger partial charge in [-0.1, -0.05) is 44.2 Å². The molecule has 0 radical (unpaired) electrons. The number of morpholine rings is 1. The van der Waals surface area contributed by atoms with Crippen LogP contribution in [0, 0.1) is 5.92 Å². The summed E-state index contributed by atoms with van der Waals surface area (Å²) >= 11 is 0. The summed E-state index contributed by atoms with van der Waals surface area (Å²) in [6, 6.07) is 16.8. The van der Waals surface area contributed by atoms with E-state index in [4.69, 9.17) is 24.9 Å². The number of nitrogens with two attached hydrogens (primary N) is 1. The van der Waals surface area contributed by atoms with Crippen LogP contribution in [0.15, 0.2) is 48.5 Å². The molecule has 9 heteroatoms. The first-order valence-electron chi connectivity index (χ1n) is 16.3. The van der Waals surface area contributed by atoms with Gasteiger partial charge in [-0.05, 0) is 68.6 Å². The molecular weight excluding hydrogens is 552 g/mol. The molecule has 1 saturated heterocycles. The van der Waals surface area contributed by atoms with Crippen LogP contribution >= 0.6 is 0 Å². The van der Waals surface area contributed by atoms with Gasteiger partial charge in [0, 0.05) is 45.1 Å². The van der Waals surface area contributed by atoms with E-state index in [0.29, 0.717) is 18.3 Å². The van der Waals surface area contributed by atoms with Crippen molar-refractivity contribution in [3.05, 3.63) is 59.9 Å². The number of ether oxygens (including phenoxy) is 3. The molecule has 3 heterocycles. The average molecular weight is 603 g/mol. The van der Waals surface area contributed by atoms with E-state index in [2.05, 4.69) is 69.6 Å². The molecule has 0 amide bonds. The van der Waals surface area contributed by atoms with Crippen LogP contribution in [-0.4, -0.2) is 90.6 Å². The Kier molecular flexibility index (Phi) is 11.8. The molecule has 9 nitrogen and oxygen atoms in total. The van der Waals surface area contributed by atoms with Crippen LogP contribution in [0.3, 0.4) is 0 Å². The number of unbranched alkanes of at least 4 members (excludes halogenated alkanes) is 1. The molecule has 5 rings (SSSR count). The van der Waals surface area contributed by atoms with Crippen molar-refractivity contribution in [1.82, 2.24) is 24.3 Å². The molecule has 0 aliphatic carbocycles. The maximum absolute atomic E-state index is 6.40. The number of rotatable bonds is 17. The topological polar surface area (TPSA) is 90.9 Å². The van der Waals surface area contributed by atoms with Gasteiger partial charge in [0.05, 0.1) is 37.5 Å². The Labute approximate surface area is 262 Å². The number of aromatic nitrogens is 3. The van der Waals surface area contributed by atoms with E-state index in [0.717, 1.165) is 125 Å². The number of methoxy groups -OCH3 is 1. The zero-order chi connectivity index (χ0) is 30.7. The van der Waals surface area contributed by atoms with Gasteiger partial charge in [0.1, 0.15) is 17.1 Å². The summed E-state index contributed by atoms with van der Waals surface area (Å²) in [5.41, 5.74) is 10.5. The molecule has 0 saturated carbocycles. The average Bonchev–Trinajstić information content (AvgIpc) is 3.40. The Bertz CT molecular complexity index is 1470. The molecule has 44 heavy (non-hydrogen) atoms. The van der Waals surface area contributed by atoms with Crippen molar-refractivity contribution in [3.8, 4) is 5.75 Å². The largest absolute Gasteiger partial charge is 0.493 e. The number of anilines is 1. The van der Waals surface area contributed by atoms with Crippen molar-refractivity contribution >= 4 is 27.8 Å². The fourth-order valence-corrected chi connectivity index (χ4v) is 6.00. The van der Waals surface area contributed by atoms with Crippen LogP contribution in [0.1, 0.15) is 44.5 Å². The first-order chi connectivity index (χ1) is 21.5. The second kappa shape index (κ2) is 16.2. The number of pyridine rings is 1. The van der Waals surface area contributed by atoms with E-state index in [1.165, 1.54) is 5.56 Å². The minimum absolute atomic E-state index is 0.488. The number of nitrogen functional groups attached to an aromatic ring is 1.